The number of alkyl carbamates (subject to hydrolysis) is 1. The van der Waals surface area contributed by atoms with Gasteiger partial charge in [0.1, 0.15) is 5.60 Å². The van der Waals surface area contributed by atoms with Crippen molar-refractivity contribution in [2.75, 3.05) is 37.6 Å². The third kappa shape index (κ3) is 6.60. The third-order valence-electron chi connectivity index (χ3n) is 3.90. The zero-order valence-electron chi connectivity index (χ0n) is 15.3. The molecule has 2 amide bonds. The average molecular weight is 348 g/mol. The monoisotopic (exact) mass is 348 g/mol. The van der Waals surface area contributed by atoms with E-state index in [2.05, 4.69) is 15.2 Å². The molecule has 0 aliphatic carbocycles. The predicted molar refractivity (Wildman–Crippen MR) is 96.5 cm³/mol. The van der Waals surface area contributed by atoms with Crippen LogP contribution in [0.4, 0.5) is 10.5 Å². The fourth-order valence-electron chi connectivity index (χ4n) is 2.67. The molecule has 2 heterocycles. The van der Waals surface area contributed by atoms with Gasteiger partial charge in [-0.3, -0.25) is 9.78 Å². The molecule has 2 rings (SSSR count). The molecule has 138 valence electrons. The van der Waals surface area contributed by atoms with Gasteiger partial charge in [0, 0.05) is 57.2 Å². The van der Waals surface area contributed by atoms with Crippen molar-refractivity contribution < 1.29 is 14.3 Å². The number of amides is 2. The van der Waals surface area contributed by atoms with Crippen LogP contribution in [0.2, 0.25) is 0 Å². The van der Waals surface area contributed by atoms with Crippen molar-refractivity contribution in [2.45, 2.75) is 39.2 Å². The van der Waals surface area contributed by atoms with Crippen LogP contribution in [0.1, 0.15) is 33.6 Å². The molecule has 1 N–H and O–H groups in total. The van der Waals surface area contributed by atoms with Crippen LogP contribution in [0.15, 0.2) is 24.5 Å². The Bertz CT molecular complexity index is 563. The maximum absolute atomic E-state index is 12.3. The van der Waals surface area contributed by atoms with Crippen LogP contribution < -0.4 is 10.2 Å². The lowest BCUT2D eigenvalue weighted by molar-refractivity contribution is -0.131. The smallest absolute Gasteiger partial charge is 0.407 e. The van der Waals surface area contributed by atoms with E-state index < -0.39 is 11.7 Å². The van der Waals surface area contributed by atoms with E-state index in [1.165, 1.54) is 0 Å². The average Bonchev–Trinajstić information content (AvgIpc) is 2.58. The number of carbonyl (C=O) groups excluding carboxylic acids is 2. The predicted octanol–water partition coefficient (Wildman–Crippen LogP) is 2.04. The lowest BCUT2D eigenvalue weighted by atomic mass is 10.2. The molecular weight excluding hydrogens is 320 g/mol. The van der Waals surface area contributed by atoms with Crippen molar-refractivity contribution >= 4 is 17.7 Å². The quantitative estimate of drug-likeness (QED) is 0.824. The maximum atomic E-state index is 12.3. The number of piperazine rings is 1. The fourth-order valence-corrected chi connectivity index (χ4v) is 2.67. The fraction of sp³-hybridized carbons (Fsp3) is 0.611. The Kier molecular flexibility index (Phi) is 6.61. The molecule has 1 aromatic rings. The Hall–Kier alpha value is -2.31. The van der Waals surface area contributed by atoms with Gasteiger partial charge in [-0.25, -0.2) is 4.79 Å². The molecule has 0 aromatic carbocycles. The number of nitrogens with zero attached hydrogens (tertiary/aromatic N) is 3. The van der Waals surface area contributed by atoms with E-state index in [-0.39, 0.29) is 5.91 Å². The Labute approximate surface area is 149 Å². The molecule has 7 nitrogen and oxygen atoms in total. The molecule has 0 unspecified atom stereocenters. The Morgan fingerprint density at radius 1 is 1.16 bits per heavy atom. The van der Waals surface area contributed by atoms with Gasteiger partial charge in [0.25, 0.3) is 0 Å². The van der Waals surface area contributed by atoms with Crippen molar-refractivity contribution in [1.82, 2.24) is 15.2 Å². The van der Waals surface area contributed by atoms with Crippen LogP contribution in [0.3, 0.4) is 0 Å². The first kappa shape index (κ1) is 19.0. The van der Waals surface area contributed by atoms with Crippen molar-refractivity contribution in [3.63, 3.8) is 0 Å². The minimum atomic E-state index is -0.506. The maximum Gasteiger partial charge on any atom is 0.407 e. The zero-order valence-corrected chi connectivity index (χ0v) is 15.3. The lowest BCUT2D eigenvalue weighted by Gasteiger charge is -2.36. The number of hydrogen-bond donors (Lipinski definition) is 1. The molecule has 1 aliphatic rings. The molecule has 1 aliphatic heterocycles. The van der Waals surface area contributed by atoms with E-state index in [1.54, 1.807) is 12.4 Å². The summed E-state index contributed by atoms with van der Waals surface area (Å²) in [6, 6.07) is 3.97. The highest BCUT2D eigenvalue weighted by molar-refractivity contribution is 5.76. The van der Waals surface area contributed by atoms with E-state index in [0.717, 1.165) is 31.9 Å². The molecule has 7 heteroatoms. The van der Waals surface area contributed by atoms with Gasteiger partial charge in [0.05, 0.1) is 0 Å². The highest BCUT2D eigenvalue weighted by Crippen LogP contribution is 2.15. The third-order valence-corrected chi connectivity index (χ3v) is 3.90. The standard InChI is InChI=1S/C18H28N4O3/c1-18(2,3)25-17(24)20-8-4-5-16(23)22-13-11-21(12-14-22)15-6-9-19-10-7-15/h6-7,9-10H,4-5,8,11-14H2,1-3H3,(H,20,24). The van der Waals surface area contributed by atoms with Crippen molar-refractivity contribution in [2.24, 2.45) is 0 Å². The summed E-state index contributed by atoms with van der Waals surface area (Å²) >= 11 is 0. The number of carbonyl (C=O) groups is 2. The number of ether oxygens (including phenoxy) is 1. The SMILES string of the molecule is CC(C)(C)OC(=O)NCCCC(=O)N1CCN(c2ccncc2)CC1. The van der Waals surface area contributed by atoms with Gasteiger partial charge >= 0.3 is 6.09 Å². The number of hydrogen-bond acceptors (Lipinski definition) is 5. The zero-order chi connectivity index (χ0) is 18.3. The summed E-state index contributed by atoms with van der Waals surface area (Å²) in [5.74, 6) is 0.139. The minimum absolute atomic E-state index is 0.139. The lowest BCUT2D eigenvalue weighted by Crippen LogP contribution is -2.48. The molecule has 1 saturated heterocycles. The minimum Gasteiger partial charge on any atom is -0.444 e. The Balaban J connectivity index is 1.63. The van der Waals surface area contributed by atoms with Gasteiger partial charge < -0.3 is 19.9 Å². The molecule has 1 aromatic heterocycles. The van der Waals surface area contributed by atoms with E-state index in [0.29, 0.717) is 19.4 Å². The normalized spacial score (nSPS) is 15.0. The Morgan fingerprint density at radius 3 is 2.40 bits per heavy atom. The molecule has 0 spiro atoms. The molecule has 0 atom stereocenters. The van der Waals surface area contributed by atoms with Crippen LogP contribution in [-0.2, 0) is 9.53 Å². The van der Waals surface area contributed by atoms with E-state index in [9.17, 15) is 9.59 Å². The van der Waals surface area contributed by atoms with Gasteiger partial charge in [0.2, 0.25) is 5.91 Å². The van der Waals surface area contributed by atoms with Crippen LogP contribution in [0.25, 0.3) is 0 Å². The first-order valence-corrected chi connectivity index (χ1v) is 8.75. The highest BCUT2D eigenvalue weighted by atomic mass is 16.6. The molecule has 0 radical (unpaired) electrons. The molecule has 0 bridgehead atoms. The van der Waals surface area contributed by atoms with Gasteiger partial charge in [0.15, 0.2) is 0 Å². The molecule has 25 heavy (non-hydrogen) atoms. The summed E-state index contributed by atoms with van der Waals surface area (Å²) in [7, 11) is 0. The van der Waals surface area contributed by atoms with Crippen LogP contribution in [0, 0.1) is 0 Å². The largest absolute Gasteiger partial charge is 0.444 e. The molecule has 0 saturated carbocycles. The number of pyridine rings is 1. The van der Waals surface area contributed by atoms with Crippen LogP contribution >= 0.6 is 0 Å². The second-order valence-electron chi connectivity index (χ2n) is 7.11. The van der Waals surface area contributed by atoms with Gasteiger partial charge in [-0.1, -0.05) is 0 Å². The highest BCUT2D eigenvalue weighted by Gasteiger charge is 2.21. The van der Waals surface area contributed by atoms with Gasteiger partial charge in [-0.05, 0) is 39.3 Å². The summed E-state index contributed by atoms with van der Waals surface area (Å²) in [6.45, 7) is 9.00. The number of nitrogens with one attached hydrogen (secondary N) is 1. The van der Waals surface area contributed by atoms with Crippen molar-refractivity contribution in [3.05, 3.63) is 24.5 Å². The topological polar surface area (TPSA) is 74.8 Å². The summed E-state index contributed by atoms with van der Waals surface area (Å²) in [5, 5.41) is 2.68. The summed E-state index contributed by atoms with van der Waals surface area (Å²) in [5.41, 5.74) is 0.637. The number of aromatic nitrogens is 1. The molecule has 1 fully saturated rings. The van der Waals surface area contributed by atoms with E-state index in [4.69, 9.17) is 4.74 Å². The first-order valence-electron chi connectivity index (χ1n) is 8.75. The summed E-state index contributed by atoms with van der Waals surface area (Å²) < 4.78 is 5.16. The summed E-state index contributed by atoms with van der Waals surface area (Å²) in [4.78, 5) is 32.0. The van der Waals surface area contributed by atoms with Crippen LogP contribution in [-0.4, -0.2) is 60.2 Å². The molecular formula is C18H28N4O3. The van der Waals surface area contributed by atoms with Crippen molar-refractivity contribution in [1.29, 1.82) is 0 Å². The number of rotatable bonds is 5. The second kappa shape index (κ2) is 8.69. The van der Waals surface area contributed by atoms with Gasteiger partial charge in [-0.2, -0.15) is 0 Å². The van der Waals surface area contributed by atoms with E-state index >= 15 is 0 Å². The van der Waals surface area contributed by atoms with Gasteiger partial charge in [-0.15, -0.1) is 0 Å². The number of anilines is 1. The Morgan fingerprint density at radius 2 is 1.80 bits per heavy atom. The van der Waals surface area contributed by atoms with E-state index in [1.807, 2.05) is 37.8 Å². The van der Waals surface area contributed by atoms with Crippen LogP contribution in [0.5, 0.6) is 0 Å². The van der Waals surface area contributed by atoms with Crippen molar-refractivity contribution in [3.8, 4) is 0 Å². The first-order chi connectivity index (χ1) is 11.8. The second-order valence-corrected chi connectivity index (χ2v) is 7.11. The summed E-state index contributed by atoms with van der Waals surface area (Å²) in [6.07, 6.45) is 4.17.